The first kappa shape index (κ1) is 10.4. The highest BCUT2D eigenvalue weighted by molar-refractivity contribution is 5.66. The Balaban J connectivity index is 4.29. The molecule has 0 unspecified atom stereocenters. The van der Waals surface area contributed by atoms with E-state index in [0.29, 0.717) is 5.70 Å². The zero-order valence-electron chi connectivity index (χ0n) is 7.16. The molecule has 0 saturated heterocycles. The molecule has 0 heterocycles. The van der Waals surface area contributed by atoms with Crippen LogP contribution in [-0.4, -0.2) is 6.29 Å². The molecule has 2 N–H and O–H groups in total. The molecular formula is C10H13NO. The Hall–Kier alpha value is -1.57. The number of allylic oxidation sites excluding steroid dienone is 6. The third kappa shape index (κ3) is 5.23. The number of nitrogens with two attached hydrogens (primary N) is 1. The molecule has 0 amide bonds. The van der Waals surface area contributed by atoms with Crippen LogP contribution in [0.1, 0.15) is 6.92 Å². The summed E-state index contributed by atoms with van der Waals surface area (Å²) in [6, 6.07) is 0. The molecule has 12 heavy (non-hydrogen) atoms. The lowest BCUT2D eigenvalue weighted by molar-refractivity contribution is -0.104. The van der Waals surface area contributed by atoms with Crippen molar-refractivity contribution >= 4 is 6.29 Å². The van der Waals surface area contributed by atoms with Gasteiger partial charge < -0.3 is 5.73 Å². The topological polar surface area (TPSA) is 43.1 Å². The summed E-state index contributed by atoms with van der Waals surface area (Å²) in [5.41, 5.74) is 6.74. The third-order valence-electron chi connectivity index (χ3n) is 1.19. The molecule has 0 aliphatic carbocycles. The van der Waals surface area contributed by atoms with Gasteiger partial charge in [-0.25, -0.2) is 0 Å². The largest absolute Gasteiger partial charge is 0.399 e. The second-order valence-corrected chi connectivity index (χ2v) is 2.19. The van der Waals surface area contributed by atoms with E-state index in [1.807, 2.05) is 13.0 Å². The van der Waals surface area contributed by atoms with Crippen molar-refractivity contribution < 1.29 is 4.79 Å². The second-order valence-electron chi connectivity index (χ2n) is 2.19. The van der Waals surface area contributed by atoms with Gasteiger partial charge in [0.15, 0.2) is 0 Å². The predicted octanol–water partition coefficient (Wildman–Crippen LogP) is 1.72. The minimum Gasteiger partial charge on any atom is -0.399 e. The molecule has 0 rings (SSSR count). The van der Waals surface area contributed by atoms with Gasteiger partial charge in [0.1, 0.15) is 6.29 Å². The summed E-state index contributed by atoms with van der Waals surface area (Å²) in [5.74, 6) is 0. The van der Waals surface area contributed by atoms with Gasteiger partial charge in [-0.1, -0.05) is 24.8 Å². The minimum atomic E-state index is 0.494. The van der Waals surface area contributed by atoms with E-state index in [1.54, 1.807) is 18.2 Å². The highest BCUT2D eigenvalue weighted by Crippen LogP contribution is 1.99. The summed E-state index contributed by atoms with van der Waals surface area (Å²) >= 11 is 0. The molecule has 0 radical (unpaired) electrons. The van der Waals surface area contributed by atoms with E-state index in [0.717, 1.165) is 11.9 Å². The van der Waals surface area contributed by atoms with Gasteiger partial charge in [-0.2, -0.15) is 0 Å². The van der Waals surface area contributed by atoms with E-state index in [4.69, 9.17) is 5.73 Å². The Morgan fingerprint density at radius 3 is 2.42 bits per heavy atom. The second kappa shape index (κ2) is 6.16. The lowest BCUT2D eigenvalue weighted by Gasteiger charge is -1.90. The van der Waals surface area contributed by atoms with Crippen LogP contribution in [0.2, 0.25) is 0 Å². The van der Waals surface area contributed by atoms with Crippen LogP contribution in [0.25, 0.3) is 0 Å². The third-order valence-corrected chi connectivity index (χ3v) is 1.19. The number of hydrogen-bond donors (Lipinski definition) is 1. The van der Waals surface area contributed by atoms with Gasteiger partial charge in [-0.3, -0.25) is 4.79 Å². The van der Waals surface area contributed by atoms with Crippen molar-refractivity contribution in [1.29, 1.82) is 0 Å². The molecule has 2 nitrogen and oxygen atoms in total. The summed E-state index contributed by atoms with van der Waals surface area (Å²) in [7, 11) is 0. The molecule has 0 aromatic carbocycles. The summed E-state index contributed by atoms with van der Waals surface area (Å²) in [4.78, 5) is 9.98. The SMILES string of the molecule is C=C(N)\C=C/C(/C=C/C=O)=C\C. The lowest BCUT2D eigenvalue weighted by Crippen LogP contribution is -1.88. The van der Waals surface area contributed by atoms with Gasteiger partial charge in [0.25, 0.3) is 0 Å². The Bertz CT molecular complexity index is 247. The first-order chi connectivity index (χ1) is 5.70. The Kier molecular flexibility index (Phi) is 5.35. The number of rotatable bonds is 4. The van der Waals surface area contributed by atoms with E-state index in [2.05, 4.69) is 6.58 Å². The standard InChI is InChI=1S/C10H13NO/c1-3-10(5-4-8-12)7-6-9(2)11/h3-8H,2,11H2,1H3/b5-4+,7-6-,10-3-. The molecule has 64 valence electrons. The zero-order valence-corrected chi connectivity index (χ0v) is 7.16. The molecular weight excluding hydrogens is 150 g/mol. The number of aldehydes is 1. The van der Waals surface area contributed by atoms with Crippen molar-refractivity contribution in [2.24, 2.45) is 5.73 Å². The fourth-order valence-electron chi connectivity index (χ4n) is 0.602. The molecule has 0 saturated carbocycles. The number of carbonyl (C=O) groups excluding carboxylic acids is 1. The van der Waals surface area contributed by atoms with Crippen molar-refractivity contribution in [3.63, 3.8) is 0 Å². The van der Waals surface area contributed by atoms with Crippen LogP contribution >= 0.6 is 0 Å². The summed E-state index contributed by atoms with van der Waals surface area (Å²) in [6.45, 7) is 5.39. The van der Waals surface area contributed by atoms with Crippen LogP contribution < -0.4 is 5.73 Å². The molecule has 0 fully saturated rings. The monoisotopic (exact) mass is 163 g/mol. The Morgan fingerprint density at radius 2 is 2.00 bits per heavy atom. The molecule has 0 spiro atoms. The van der Waals surface area contributed by atoms with E-state index in [-0.39, 0.29) is 0 Å². The summed E-state index contributed by atoms with van der Waals surface area (Å²) in [6.07, 6.45) is 9.21. The molecule has 0 atom stereocenters. The smallest absolute Gasteiger partial charge is 0.142 e. The summed E-state index contributed by atoms with van der Waals surface area (Å²) < 4.78 is 0. The van der Waals surface area contributed by atoms with Gasteiger partial charge in [0, 0.05) is 5.70 Å². The van der Waals surface area contributed by atoms with Crippen molar-refractivity contribution in [2.75, 3.05) is 0 Å². The summed E-state index contributed by atoms with van der Waals surface area (Å²) in [5, 5.41) is 0. The van der Waals surface area contributed by atoms with Crippen molar-refractivity contribution in [2.45, 2.75) is 6.92 Å². The van der Waals surface area contributed by atoms with Gasteiger partial charge in [-0.05, 0) is 24.6 Å². The maximum atomic E-state index is 9.98. The lowest BCUT2D eigenvalue weighted by atomic mass is 10.2. The minimum absolute atomic E-state index is 0.494. The first-order valence-corrected chi connectivity index (χ1v) is 3.61. The molecule has 0 aliphatic heterocycles. The average molecular weight is 163 g/mol. The van der Waals surface area contributed by atoms with Crippen molar-refractivity contribution in [3.8, 4) is 0 Å². The molecule has 2 heteroatoms. The highest BCUT2D eigenvalue weighted by atomic mass is 16.1. The predicted molar refractivity (Wildman–Crippen MR) is 51.4 cm³/mol. The Labute approximate surface area is 72.8 Å². The maximum Gasteiger partial charge on any atom is 0.142 e. The van der Waals surface area contributed by atoms with Gasteiger partial charge in [-0.15, -0.1) is 0 Å². The van der Waals surface area contributed by atoms with Gasteiger partial charge >= 0.3 is 0 Å². The van der Waals surface area contributed by atoms with Crippen LogP contribution in [0.3, 0.4) is 0 Å². The molecule has 0 aromatic heterocycles. The van der Waals surface area contributed by atoms with Crippen LogP contribution in [0, 0.1) is 0 Å². The normalized spacial score (nSPS) is 12.6. The van der Waals surface area contributed by atoms with E-state index >= 15 is 0 Å². The van der Waals surface area contributed by atoms with Crippen LogP contribution in [0.15, 0.2) is 48.2 Å². The highest BCUT2D eigenvalue weighted by Gasteiger charge is 1.81. The Morgan fingerprint density at radius 1 is 1.33 bits per heavy atom. The van der Waals surface area contributed by atoms with Crippen LogP contribution in [0.4, 0.5) is 0 Å². The van der Waals surface area contributed by atoms with Crippen LogP contribution in [-0.2, 0) is 4.79 Å². The first-order valence-electron chi connectivity index (χ1n) is 3.61. The number of carbonyl (C=O) groups is 1. The van der Waals surface area contributed by atoms with E-state index in [1.165, 1.54) is 6.08 Å². The van der Waals surface area contributed by atoms with E-state index < -0.39 is 0 Å². The fourth-order valence-corrected chi connectivity index (χ4v) is 0.602. The maximum absolute atomic E-state index is 9.98. The van der Waals surface area contributed by atoms with E-state index in [9.17, 15) is 4.79 Å². The van der Waals surface area contributed by atoms with Crippen molar-refractivity contribution in [3.05, 3.63) is 48.2 Å². The van der Waals surface area contributed by atoms with Gasteiger partial charge in [0.05, 0.1) is 0 Å². The molecule has 0 aliphatic rings. The molecule has 0 bridgehead atoms. The van der Waals surface area contributed by atoms with Crippen LogP contribution in [0.5, 0.6) is 0 Å². The number of hydrogen-bond acceptors (Lipinski definition) is 2. The average Bonchev–Trinajstić information content (AvgIpc) is 2.05. The zero-order chi connectivity index (χ0) is 9.40. The fraction of sp³-hybridized carbons (Fsp3) is 0.100. The van der Waals surface area contributed by atoms with Gasteiger partial charge in [0.2, 0.25) is 0 Å². The quantitative estimate of drug-likeness (QED) is 0.389. The molecule has 0 aromatic rings. The van der Waals surface area contributed by atoms with Crippen molar-refractivity contribution in [1.82, 2.24) is 0 Å².